The van der Waals surface area contributed by atoms with E-state index >= 15 is 0 Å². The van der Waals surface area contributed by atoms with Crippen molar-refractivity contribution >= 4 is 11.4 Å². The summed E-state index contributed by atoms with van der Waals surface area (Å²) in [6.45, 7) is 4.03. The van der Waals surface area contributed by atoms with Gasteiger partial charge in [0, 0.05) is 17.4 Å². The van der Waals surface area contributed by atoms with Crippen LogP contribution in [0.5, 0.6) is 0 Å². The van der Waals surface area contributed by atoms with Crippen molar-refractivity contribution in [1.29, 1.82) is 0 Å². The molecule has 0 heterocycles. The average molecular weight is 355 g/mol. The van der Waals surface area contributed by atoms with Gasteiger partial charge in [0.1, 0.15) is 0 Å². The molecule has 0 aliphatic carbocycles. The Balaban J connectivity index is 1.91. The summed E-state index contributed by atoms with van der Waals surface area (Å²) < 4.78 is 38.4. The van der Waals surface area contributed by atoms with Gasteiger partial charge in [0.15, 0.2) is 0 Å². The van der Waals surface area contributed by atoms with Gasteiger partial charge in [-0.2, -0.15) is 13.2 Å². The topological polar surface area (TPSA) is 3.24 Å². The lowest BCUT2D eigenvalue weighted by Gasteiger charge is -2.29. The van der Waals surface area contributed by atoms with Crippen LogP contribution in [0.25, 0.3) is 11.1 Å². The maximum Gasteiger partial charge on any atom is 0.416 e. The van der Waals surface area contributed by atoms with Gasteiger partial charge in [0.05, 0.1) is 5.56 Å². The molecule has 0 unspecified atom stereocenters. The van der Waals surface area contributed by atoms with Crippen LogP contribution in [0.2, 0.25) is 0 Å². The van der Waals surface area contributed by atoms with Gasteiger partial charge in [-0.3, -0.25) is 0 Å². The first-order valence-corrected chi connectivity index (χ1v) is 8.48. The van der Waals surface area contributed by atoms with Crippen molar-refractivity contribution in [1.82, 2.24) is 0 Å². The van der Waals surface area contributed by atoms with Crippen molar-refractivity contribution in [2.45, 2.75) is 26.1 Å². The van der Waals surface area contributed by atoms with E-state index in [2.05, 4.69) is 0 Å². The fourth-order valence-corrected chi connectivity index (χ4v) is 3.00. The summed E-state index contributed by atoms with van der Waals surface area (Å²) in [5, 5.41) is 0. The zero-order valence-corrected chi connectivity index (χ0v) is 14.7. The van der Waals surface area contributed by atoms with Gasteiger partial charge in [-0.05, 0) is 61.4 Å². The SMILES string of the molecule is CC(C)N(c1ccc(-c2ccccc2)cc1)c1ccc(C(F)(F)F)cc1. The second kappa shape index (κ2) is 7.24. The summed E-state index contributed by atoms with van der Waals surface area (Å²) >= 11 is 0. The number of rotatable bonds is 4. The molecule has 3 aromatic carbocycles. The number of nitrogens with zero attached hydrogens (tertiary/aromatic N) is 1. The van der Waals surface area contributed by atoms with Gasteiger partial charge in [0.25, 0.3) is 0 Å². The first-order valence-electron chi connectivity index (χ1n) is 8.48. The van der Waals surface area contributed by atoms with Crippen LogP contribution in [-0.4, -0.2) is 6.04 Å². The molecule has 0 amide bonds. The van der Waals surface area contributed by atoms with Crippen LogP contribution in [-0.2, 0) is 6.18 Å². The Kier molecular flexibility index (Phi) is 5.03. The average Bonchev–Trinajstić information content (AvgIpc) is 2.63. The van der Waals surface area contributed by atoms with Crippen LogP contribution in [0, 0.1) is 0 Å². The molecular weight excluding hydrogens is 335 g/mol. The molecule has 0 spiro atoms. The van der Waals surface area contributed by atoms with Crippen molar-refractivity contribution in [3.63, 3.8) is 0 Å². The molecule has 0 atom stereocenters. The predicted molar refractivity (Wildman–Crippen MR) is 101 cm³/mol. The van der Waals surface area contributed by atoms with E-state index in [1.54, 1.807) is 0 Å². The highest BCUT2D eigenvalue weighted by Gasteiger charge is 2.30. The maximum absolute atomic E-state index is 12.8. The molecule has 3 aromatic rings. The number of benzene rings is 3. The van der Waals surface area contributed by atoms with E-state index in [1.807, 2.05) is 73.3 Å². The van der Waals surface area contributed by atoms with E-state index in [0.717, 1.165) is 34.6 Å². The van der Waals surface area contributed by atoms with Gasteiger partial charge in [-0.15, -0.1) is 0 Å². The van der Waals surface area contributed by atoms with Crippen molar-refractivity contribution in [2.24, 2.45) is 0 Å². The van der Waals surface area contributed by atoms with Crippen molar-refractivity contribution < 1.29 is 13.2 Å². The molecule has 0 aliphatic rings. The Labute approximate surface area is 151 Å². The zero-order valence-electron chi connectivity index (χ0n) is 14.7. The minimum absolute atomic E-state index is 0.106. The fourth-order valence-electron chi connectivity index (χ4n) is 3.00. The van der Waals surface area contributed by atoms with Crippen molar-refractivity contribution in [3.8, 4) is 11.1 Å². The van der Waals surface area contributed by atoms with Crippen LogP contribution in [0.3, 0.4) is 0 Å². The molecule has 0 aromatic heterocycles. The van der Waals surface area contributed by atoms with Gasteiger partial charge < -0.3 is 4.90 Å². The van der Waals surface area contributed by atoms with E-state index in [0.29, 0.717) is 0 Å². The second-order valence-electron chi connectivity index (χ2n) is 6.42. The minimum atomic E-state index is -4.32. The lowest BCUT2D eigenvalue weighted by molar-refractivity contribution is -0.137. The van der Waals surface area contributed by atoms with E-state index in [1.165, 1.54) is 12.1 Å². The van der Waals surface area contributed by atoms with Crippen LogP contribution >= 0.6 is 0 Å². The fraction of sp³-hybridized carbons (Fsp3) is 0.182. The molecule has 134 valence electrons. The lowest BCUT2D eigenvalue weighted by atomic mass is 10.0. The van der Waals surface area contributed by atoms with Crippen LogP contribution < -0.4 is 4.90 Å². The highest BCUT2D eigenvalue weighted by Crippen LogP contribution is 2.34. The van der Waals surface area contributed by atoms with E-state index in [4.69, 9.17) is 0 Å². The van der Waals surface area contributed by atoms with Crippen LogP contribution in [0.4, 0.5) is 24.5 Å². The van der Waals surface area contributed by atoms with Crippen molar-refractivity contribution in [2.75, 3.05) is 4.90 Å². The van der Waals surface area contributed by atoms with Crippen molar-refractivity contribution in [3.05, 3.63) is 84.4 Å². The van der Waals surface area contributed by atoms with E-state index < -0.39 is 11.7 Å². The Bertz CT molecular complexity index is 835. The number of hydrogen-bond donors (Lipinski definition) is 0. The second-order valence-corrected chi connectivity index (χ2v) is 6.42. The van der Waals surface area contributed by atoms with Gasteiger partial charge in [-0.1, -0.05) is 42.5 Å². The zero-order chi connectivity index (χ0) is 18.7. The first-order chi connectivity index (χ1) is 12.4. The molecule has 0 radical (unpaired) electrons. The Morgan fingerprint density at radius 1 is 0.654 bits per heavy atom. The molecule has 26 heavy (non-hydrogen) atoms. The van der Waals surface area contributed by atoms with Gasteiger partial charge in [-0.25, -0.2) is 0 Å². The third-order valence-electron chi connectivity index (χ3n) is 4.24. The molecule has 3 rings (SSSR count). The monoisotopic (exact) mass is 355 g/mol. The smallest absolute Gasteiger partial charge is 0.339 e. The quantitative estimate of drug-likeness (QED) is 0.491. The molecule has 0 fully saturated rings. The summed E-state index contributed by atoms with van der Waals surface area (Å²) in [5.41, 5.74) is 3.28. The molecular formula is C22H20F3N. The third-order valence-corrected chi connectivity index (χ3v) is 4.24. The van der Waals surface area contributed by atoms with Crippen LogP contribution in [0.15, 0.2) is 78.9 Å². The van der Waals surface area contributed by atoms with Gasteiger partial charge >= 0.3 is 6.18 Å². The summed E-state index contributed by atoms with van der Waals surface area (Å²) in [7, 11) is 0. The Morgan fingerprint density at radius 3 is 1.58 bits per heavy atom. The number of alkyl halides is 3. The molecule has 0 saturated heterocycles. The Hall–Kier alpha value is -2.75. The van der Waals surface area contributed by atoms with E-state index in [-0.39, 0.29) is 6.04 Å². The number of hydrogen-bond acceptors (Lipinski definition) is 1. The highest BCUT2D eigenvalue weighted by molar-refractivity contribution is 5.70. The first kappa shape index (κ1) is 18.1. The normalized spacial score (nSPS) is 11.6. The molecule has 0 N–H and O–H groups in total. The highest BCUT2D eigenvalue weighted by atomic mass is 19.4. The lowest BCUT2D eigenvalue weighted by Crippen LogP contribution is -2.25. The molecule has 4 heteroatoms. The molecule has 0 aliphatic heterocycles. The van der Waals surface area contributed by atoms with Gasteiger partial charge in [0.2, 0.25) is 0 Å². The van der Waals surface area contributed by atoms with E-state index in [9.17, 15) is 13.2 Å². The predicted octanol–water partition coefficient (Wildman–Crippen LogP) is 6.92. The summed E-state index contributed by atoms with van der Waals surface area (Å²) in [4.78, 5) is 2.02. The summed E-state index contributed by atoms with van der Waals surface area (Å²) in [5.74, 6) is 0. The summed E-state index contributed by atoms with van der Waals surface area (Å²) in [6, 6.07) is 23.5. The largest absolute Gasteiger partial charge is 0.416 e. The molecule has 0 saturated carbocycles. The number of halogens is 3. The Morgan fingerprint density at radius 2 is 1.12 bits per heavy atom. The number of anilines is 2. The summed E-state index contributed by atoms with van der Waals surface area (Å²) in [6.07, 6.45) is -4.32. The standard InChI is InChI=1S/C22H20F3N/c1-16(2)26(21-14-10-19(11-15-21)22(23,24)25)20-12-8-18(9-13-20)17-6-4-3-5-7-17/h3-16H,1-2H3. The maximum atomic E-state index is 12.8. The van der Waals surface area contributed by atoms with Crippen LogP contribution in [0.1, 0.15) is 19.4 Å². The third kappa shape index (κ3) is 3.90. The minimum Gasteiger partial charge on any atom is -0.339 e. The molecule has 0 bridgehead atoms. The molecule has 1 nitrogen and oxygen atoms in total.